The number of nitriles is 1. The van der Waals surface area contributed by atoms with E-state index in [0.29, 0.717) is 5.41 Å². The molecule has 4 fully saturated rings. The molecule has 4 aliphatic carbocycles. The summed E-state index contributed by atoms with van der Waals surface area (Å²) in [7, 11) is 0. The van der Waals surface area contributed by atoms with Crippen molar-refractivity contribution in [3.05, 3.63) is 11.6 Å². The van der Waals surface area contributed by atoms with Gasteiger partial charge in [0.2, 0.25) is 0 Å². The lowest BCUT2D eigenvalue weighted by molar-refractivity contribution is -0.0974. The Labute approximate surface area is 133 Å². The molecule has 0 N–H and O–H groups in total. The highest BCUT2D eigenvalue weighted by atomic mass is 16.6. The Balaban J connectivity index is 1.54. The third-order valence-corrected chi connectivity index (χ3v) is 8.65. The van der Waals surface area contributed by atoms with Crippen molar-refractivity contribution in [1.82, 2.24) is 0 Å². The molecular formula is C20H27NO. The molecule has 1 saturated heterocycles. The molecule has 0 aromatic rings. The molecule has 5 rings (SSSR count). The van der Waals surface area contributed by atoms with E-state index in [-0.39, 0.29) is 17.1 Å². The van der Waals surface area contributed by atoms with Crippen molar-refractivity contribution in [2.24, 2.45) is 28.6 Å². The number of allylic oxidation sites excluding steroid dienone is 1. The molecule has 0 amide bonds. The summed E-state index contributed by atoms with van der Waals surface area (Å²) in [5, 5.41) is 9.44. The van der Waals surface area contributed by atoms with E-state index >= 15 is 0 Å². The molecule has 2 unspecified atom stereocenters. The van der Waals surface area contributed by atoms with Crippen molar-refractivity contribution < 1.29 is 4.74 Å². The van der Waals surface area contributed by atoms with Crippen LogP contribution in [0.25, 0.3) is 0 Å². The molecule has 2 nitrogen and oxygen atoms in total. The van der Waals surface area contributed by atoms with Crippen molar-refractivity contribution in [2.45, 2.75) is 76.9 Å². The number of rotatable bonds is 0. The van der Waals surface area contributed by atoms with Gasteiger partial charge >= 0.3 is 0 Å². The third-order valence-electron chi connectivity index (χ3n) is 8.65. The predicted molar refractivity (Wildman–Crippen MR) is 84.9 cm³/mol. The fourth-order valence-corrected chi connectivity index (χ4v) is 7.47. The van der Waals surface area contributed by atoms with Gasteiger partial charge in [-0.2, -0.15) is 5.26 Å². The second-order valence-corrected chi connectivity index (χ2v) is 9.33. The topological polar surface area (TPSA) is 36.3 Å². The maximum absolute atomic E-state index is 9.44. The maximum atomic E-state index is 9.44. The maximum Gasteiger partial charge on any atom is 0.107 e. The molecule has 0 bridgehead atoms. The minimum Gasteiger partial charge on any atom is -0.361 e. The molecule has 1 aliphatic heterocycles. The average Bonchev–Trinajstić information content (AvgIpc) is 3.07. The fourth-order valence-electron chi connectivity index (χ4n) is 7.47. The summed E-state index contributed by atoms with van der Waals surface area (Å²) in [4.78, 5) is 0. The highest BCUT2D eigenvalue weighted by Gasteiger charge is 2.73. The first kappa shape index (κ1) is 13.6. The van der Waals surface area contributed by atoms with Crippen LogP contribution in [0.15, 0.2) is 11.6 Å². The predicted octanol–water partition coefficient (Wildman–Crippen LogP) is 4.61. The molecule has 5 aliphatic rings. The number of ether oxygens (including phenoxy) is 1. The lowest BCUT2D eigenvalue weighted by Crippen LogP contribution is -2.56. The fraction of sp³-hybridized carbons (Fsp3) is 0.850. The summed E-state index contributed by atoms with van der Waals surface area (Å²) in [5.74, 6) is 2.60. The first-order chi connectivity index (χ1) is 10.5. The SMILES string of the molecule is C[C@@]12CCC[C@H]1[C@@H]1CCC34OC3C=C(C#N)C[C@]4(C)[C@@H]1CC2. The van der Waals surface area contributed by atoms with E-state index in [1.54, 1.807) is 0 Å². The van der Waals surface area contributed by atoms with Gasteiger partial charge in [-0.3, -0.25) is 0 Å². The van der Waals surface area contributed by atoms with Crippen molar-refractivity contribution in [3.63, 3.8) is 0 Å². The molecule has 22 heavy (non-hydrogen) atoms. The largest absolute Gasteiger partial charge is 0.361 e. The van der Waals surface area contributed by atoms with Gasteiger partial charge in [-0.15, -0.1) is 0 Å². The zero-order chi connectivity index (χ0) is 15.2. The zero-order valence-corrected chi connectivity index (χ0v) is 13.9. The third kappa shape index (κ3) is 1.41. The lowest BCUT2D eigenvalue weighted by atomic mass is 9.45. The zero-order valence-electron chi connectivity index (χ0n) is 13.9. The Morgan fingerprint density at radius 3 is 2.82 bits per heavy atom. The van der Waals surface area contributed by atoms with Crippen LogP contribution in [-0.2, 0) is 4.74 Å². The number of epoxide rings is 1. The van der Waals surface area contributed by atoms with Crippen LogP contribution in [0.3, 0.4) is 0 Å². The van der Waals surface area contributed by atoms with Gasteiger partial charge in [-0.1, -0.05) is 20.3 Å². The summed E-state index contributed by atoms with van der Waals surface area (Å²) in [5.41, 5.74) is 1.92. The summed E-state index contributed by atoms with van der Waals surface area (Å²) in [6.45, 7) is 5.03. The van der Waals surface area contributed by atoms with Gasteiger partial charge in [-0.05, 0) is 74.2 Å². The van der Waals surface area contributed by atoms with Crippen LogP contribution in [0, 0.1) is 39.9 Å². The second-order valence-electron chi connectivity index (χ2n) is 9.33. The van der Waals surface area contributed by atoms with Crippen LogP contribution < -0.4 is 0 Å². The van der Waals surface area contributed by atoms with Crippen molar-refractivity contribution in [3.8, 4) is 6.07 Å². The molecule has 0 aromatic carbocycles. The van der Waals surface area contributed by atoms with Crippen LogP contribution in [0.4, 0.5) is 0 Å². The van der Waals surface area contributed by atoms with E-state index in [0.717, 1.165) is 29.7 Å². The van der Waals surface area contributed by atoms with Gasteiger partial charge in [0.25, 0.3) is 0 Å². The minimum atomic E-state index is 0.0981. The monoisotopic (exact) mass is 297 g/mol. The summed E-state index contributed by atoms with van der Waals surface area (Å²) >= 11 is 0. The van der Waals surface area contributed by atoms with Crippen molar-refractivity contribution in [2.75, 3.05) is 0 Å². The number of hydrogen-bond acceptors (Lipinski definition) is 2. The van der Waals surface area contributed by atoms with Gasteiger partial charge in [0.15, 0.2) is 0 Å². The smallest absolute Gasteiger partial charge is 0.107 e. The average molecular weight is 297 g/mol. The molecule has 3 saturated carbocycles. The standard InChI is InChI=1S/C20H27NO/c1-18-7-3-4-15(18)14-5-9-20-17(22-20)10-13(12-21)11-19(20,2)16(14)6-8-18/h10,14-17H,3-9,11H2,1-2H3/t14-,15-,16+,17?,18-,19+,20?/m0/s1. The van der Waals surface area contributed by atoms with Crippen LogP contribution >= 0.6 is 0 Å². The van der Waals surface area contributed by atoms with E-state index in [1.807, 2.05) is 0 Å². The van der Waals surface area contributed by atoms with Gasteiger partial charge in [0.05, 0.1) is 6.07 Å². The molecule has 0 aromatic heterocycles. The van der Waals surface area contributed by atoms with Crippen LogP contribution in [0.1, 0.15) is 65.2 Å². The molecule has 2 heteroatoms. The highest BCUT2D eigenvalue weighted by molar-refractivity contribution is 5.38. The van der Waals surface area contributed by atoms with Gasteiger partial charge in [-0.25, -0.2) is 0 Å². The number of nitrogens with zero attached hydrogens (tertiary/aromatic N) is 1. The van der Waals surface area contributed by atoms with Crippen LogP contribution in [0.2, 0.25) is 0 Å². The normalized spacial score (nSPS) is 58.5. The summed E-state index contributed by atoms with van der Waals surface area (Å²) in [6.07, 6.45) is 13.1. The van der Waals surface area contributed by atoms with Crippen LogP contribution in [-0.4, -0.2) is 11.7 Å². The molecule has 7 atom stereocenters. The Bertz CT molecular complexity index is 603. The van der Waals surface area contributed by atoms with Crippen molar-refractivity contribution in [1.29, 1.82) is 5.26 Å². The summed E-state index contributed by atoms with van der Waals surface area (Å²) in [6, 6.07) is 2.45. The quantitative estimate of drug-likeness (QED) is 0.612. The number of fused-ring (bicyclic) bond motifs is 4. The number of hydrogen-bond donors (Lipinski definition) is 0. The Kier molecular flexibility index (Phi) is 2.47. The highest BCUT2D eigenvalue weighted by Crippen LogP contribution is 2.72. The second kappa shape index (κ2) is 3.99. The van der Waals surface area contributed by atoms with Gasteiger partial charge in [0.1, 0.15) is 11.7 Å². The molecule has 118 valence electrons. The van der Waals surface area contributed by atoms with E-state index in [4.69, 9.17) is 4.74 Å². The first-order valence-electron chi connectivity index (χ1n) is 9.31. The Hall–Kier alpha value is -0.810. The van der Waals surface area contributed by atoms with Crippen LogP contribution in [0.5, 0.6) is 0 Å². The first-order valence-corrected chi connectivity index (χ1v) is 9.31. The molecule has 1 heterocycles. The van der Waals surface area contributed by atoms with Gasteiger partial charge < -0.3 is 4.74 Å². The molecule has 0 radical (unpaired) electrons. The lowest BCUT2D eigenvalue weighted by Gasteiger charge is -2.58. The van der Waals surface area contributed by atoms with E-state index < -0.39 is 0 Å². The van der Waals surface area contributed by atoms with Crippen molar-refractivity contribution >= 4 is 0 Å². The van der Waals surface area contributed by atoms with E-state index in [9.17, 15) is 5.26 Å². The minimum absolute atomic E-state index is 0.0981. The van der Waals surface area contributed by atoms with Gasteiger partial charge in [0, 0.05) is 11.0 Å². The van der Waals surface area contributed by atoms with E-state index in [1.165, 1.54) is 44.9 Å². The molecular weight excluding hydrogens is 270 g/mol. The summed E-state index contributed by atoms with van der Waals surface area (Å²) < 4.78 is 6.26. The molecule has 1 spiro atoms. The Morgan fingerprint density at radius 2 is 2.00 bits per heavy atom. The Morgan fingerprint density at radius 1 is 1.14 bits per heavy atom. The van der Waals surface area contributed by atoms with E-state index in [2.05, 4.69) is 26.0 Å².